The van der Waals surface area contributed by atoms with Crippen LogP contribution in [0.3, 0.4) is 0 Å². The van der Waals surface area contributed by atoms with E-state index in [2.05, 4.69) is 0 Å². The first-order chi connectivity index (χ1) is 6.66. The van der Waals surface area contributed by atoms with Crippen molar-refractivity contribution in [3.05, 3.63) is 0 Å². The zero-order valence-electron chi connectivity index (χ0n) is 7.95. The Balaban J connectivity index is 2.19. The van der Waals surface area contributed by atoms with Crippen LogP contribution in [-0.4, -0.2) is 68.9 Å². The van der Waals surface area contributed by atoms with Crippen LogP contribution in [0.25, 0.3) is 0 Å². The number of hydrogen-bond acceptors (Lipinski definition) is 5. The van der Waals surface area contributed by atoms with Gasteiger partial charge in [-0.15, -0.1) is 0 Å². The Hall–Kier alpha value is -0.200. The fourth-order valence-electron chi connectivity index (χ4n) is 2.67. The molecule has 0 aromatic heterocycles. The molecule has 0 bridgehead atoms. The highest BCUT2D eigenvalue weighted by molar-refractivity contribution is 5.05. The number of nitrogens with zero attached hydrogens (tertiary/aromatic N) is 1. The highest BCUT2D eigenvalue weighted by Crippen LogP contribution is 2.32. The number of hydrogen-bond donors (Lipinski definition) is 4. The van der Waals surface area contributed by atoms with E-state index in [0.717, 1.165) is 13.0 Å². The quantitative estimate of drug-likeness (QED) is 0.393. The van der Waals surface area contributed by atoms with Crippen LogP contribution in [0.15, 0.2) is 0 Å². The molecular weight excluding hydrogens is 186 g/mol. The van der Waals surface area contributed by atoms with Crippen LogP contribution in [0.2, 0.25) is 0 Å². The van der Waals surface area contributed by atoms with Crippen LogP contribution in [0.1, 0.15) is 12.8 Å². The third-order valence-corrected chi connectivity index (χ3v) is 3.40. The summed E-state index contributed by atoms with van der Waals surface area (Å²) in [4.78, 5) is 1.82. The number of fused-ring (bicyclic) bond motifs is 1. The number of aliphatic hydroxyl groups is 4. The molecule has 2 heterocycles. The van der Waals surface area contributed by atoms with Gasteiger partial charge in [-0.1, -0.05) is 0 Å². The molecule has 5 atom stereocenters. The molecule has 0 radical (unpaired) electrons. The van der Waals surface area contributed by atoms with Crippen molar-refractivity contribution in [2.45, 2.75) is 43.2 Å². The molecule has 82 valence electrons. The highest BCUT2D eigenvalue weighted by atomic mass is 16.3. The van der Waals surface area contributed by atoms with Crippen molar-refractivity contribution in [2.24, 2.45) is 0 Å². The molecule has 0 amide bonds. The van der Waals surface area contributed by atoms with Gasteiger partial charge in [-0.2, -0.15) is 0 Å². The van der Waals surface area contributed by atoms with E-state index in [1.54, 1.807) is 0 Å². The maximum atomic E-state index is 9.70. The molecule has 0 saturated carbocycles. The minimum absolute atomic E-state index is 0.179. The smallest absolute Gasteiger partial charge is 0.0995 e. The Morgan fingerprint density at radius 1 is 1.14 bits per heavy atom. The van der Waals surface area contributed by atoms with E-state index in [1.165, 1.54) is 0 Å². The summed E-state index contributed by atoms with van der Waals surface area (Å²) in [6.45, 7) is 0.544. The fourth-order valence-corrected chi connectivity index (χ4v) is 2.67. The van der Waals surface area contributed by atoms with Crippen molar-refractivity contribution in [1.82, 2.24) is 4.90 Å². The zero-order valence-corrected chi connectivity index (χ0v) is 7.95. The van der Waals surface area contributed by atoms with Crippen LogP contribution in [0.4, 0.5) is 0 Å². The van der Waals surface area contributed by atoms with Gasteiger partial charge in [0.2, 0.25) is 0 Å². The van der Waals surface area contributed by atoms with Crippen molar-refractivity contribution in [3.8, 4) is 0 Å². The molecule has 0 spiro atoms. The predicted octanol–water partition coefficient (Wildman–Crippen LogP) is -2.09. The Kier molecular flexibility index (Phi) is 2.77. The Bertz CT molecular complexity index is 213. The van der Waals surface area contributed by atoms with E-state index in [4.69, 9.17) is 5.11 Å². The van der Waals surface area contributed by atoms with Gasteiger partial charge in [-0.05, 0) is 19.4 Å². The fraction of sp³-hybridized carbons (Fsp3) is 1.00. The Labute approximate surface area is 82.6 Å². The van der Waals surface area contributed by atoms with Crippen LogP contribution >= 0.6 is 0 Å². The van der Waals surface area contributed by atoms with E-state index < -0.39 is 30.4 Å². The third-order valence-electron chi connectivity index (χ3n) is 3.40. The van der Waals surface area contributed by atoms with Gasteiger partial charge in [-0.25, -0.2) is 0 Å². The van der Waals surface area contributed by atoms with Gasteiger partial charge in [-0.3, -0.25) is 4.90 Å². The molecule has 0 aromatic rings. The third kappa shape index (κ3) is 1.36. The summed E-state index contributed by atoms with van der Waals surface area (Å²) in [6.07, 6.45) is -0.985. The Morgan fingerprint density at radius 3 is 2.50 bits per heavy atom. The molecular formula is C9H17NO4. The number of aliphatic hydroxyl groups excluding tert-OH is 4. The van der Waals surface area contributed by atoms with Gasteiger partial charge in [0.15, 0.2) is 0 Å². The normalized spacial score (nSPS) is 49.3. The molecule has 5 heteroatoms. The van der Waals surface area contributed by atoms with Crippen LogP contribution < -0.4 is 0 Å². The minimum atomic E-state index is -0.947. The summed E-state index contributed by atoms with van der Waals surface area (Å²) < 4.78 is 0. The minimum Gasteiger partial charge on any atom is -0.395 e. The highest BCUT2D eigenvalue weighted by Gasteiger charge is 2.51. The second-order valence-electron chi connectivity index (χ2n) is 4.17. The van der Waals surface area contributed by atoms with E-state index in [-0.39, 0.29) is 6.61 Å². The van der Waals surface area contributed by atoms with Crippen molar-refractivity contribution in [3.63, 3.8) is 0 Å². The molecule has 14 heavy (non-hydrogen) atoms. The topological polar surface area (TPSA) is 84.2 Å². The molecule has 2 aliphatic heterocycles. The largest absolute Gasteiger partial charge is 0.395 e. The van der Waals surface area contributed by atoms with Crippen molar-refractivity contribution in [2.75, 3.05) is 13.2 Å². The second-order valence-corrected chi connectivity index (χ2v) is 4.17. The summed E-state index contributed by atoms with van der Waals surface area (Å²) in [7, 11) is 0. The van der Waals surface area contributed by atoms with Gasteiger partial charge < -0.3 is 20.4 Å². The molecule has 5 nitrogen and oxygen atoms in total. The average Bonchev–Trinajstić information content (AvgIpc) is 2.41. The summed E-state index contributed by atoms with van der Waals surface area (Å²) >= 11 is 0. The van der Waals surface area contributed by atoms with Crippen LogP contribution in [0.5, 0.6) is 0 Å². The standard InChI is InChI=1S/C9H17NO4/c11-4-5-8(13)9(14)7-6(12)2-1-3-10(5)7/h5-9,11-14H,1-4H2/t5-,6-,7-,8-,9+/m1/s1. The average molecular weight is 203 g/mol. The molecule has 0 aromatic carbocycles. The van der Waals surface area contributed by atoms with E-state index in [1.807, 2.05) is 4.90 Å². The first-order valence-electron chi connectivity index (χ1n) is 5.07. The van der Waals surface area contributed by atoms with Crippen molar-refractivity contribution < 1.29 is 20.4 Å². The molecule has 2 rings (SSSR count). The maximum Gasteiger partial charge on any atom is 0.0995 e. The van der Waals surface area contributed by atoms with Crippen molar-refractivity contribution in [1.29, 1.82) is 0 Å². The number of piperidine rings is 1. The van der Waals surface area contributed by atoms with Gasteiger partial charge in [0.1, 0.15) is 0 Å². The monoisotopic (exact) mass is 203 g/mol. The lowest BCUT2D eigenvalue weighted by atomic mass is 9.97. The summed E-state index contributed by atoms with van der Waals surface area (Å²) in [5.41, 5.74) is 0. The van der Waals surface area contributed by atoms with Crippen molar-refractivity contribution >= 4 is 0 Å². The van der Waals surface area contributed by atoms with E-state index in [9.17, 15) is 15.3 Å². The molecule has 2 aliphatic rings. The first-order valence-corrected chi connectivity index (χ1v) is 5.07. The molecule has 4 N–H and O–H groups in total. The molecule has 0 aliphatic carbocycles. The van der Waals surface area contributed by atoms with Gasteiger partial charge in [0, 0.05) is 0 Å². The zero-order chi connectivity index (χ0) is 10.3. The van der Waals surface area contributed by atoms with Crippen LogP contribution in [-0.2, 0) is 0 Å². The molecule has 2 saturated heterocycles. The lowest BCUT2D eigenvalue weighted by molar-refractivity contribution is -0.0300. The first kappa shape index (κ1) is 10.3. The number of rotatable bonds is 1. The van der Waals surface area contributed by atoms with Gasteiger partial charge in [0.25, 0.3) is 0 Å². The summed E-state index contributed by atoms with van der Waals surface area (Å²) in [5, 5.41) is 38.1. The lowest BCUT2D eigenvalue weighted by Crippen LogP contribution is -2.51. The van der Waals surface area contributed by atoms with Gasteiger partial charge in [0.05, 0.1) is 37.0 Å². The van der Waals surface area contributed by atoms with E-state index >= 15 is 0 Å². The predicted molar refractivity (Wildman–Crippen MR) is 48.6 cm³/mol. The molecule has 2 fully saturated rings. The maximum absolute atomic E-state index is 9.70. The summed E-state index contributed by atoms with van der Waals surface area (Å²) in [6, 6.07) is -0.833. The van der Waals surface area contributed by atoms with Gasteiger partial charge >= 0.3 is 0 Å². The Morgan fingerprint density at radius 2 is 1.86 bits per heavy atom. The van der Waals surface area contributed by atoms with Crippen LogP contribution in [0, 0.1) is 0 Å². The second kappa shape index (κ2) is 3.75. The molecule has 0 unspecified atom stereocenters. The van der Waals surface area contributed by atoms with E-state index in [0.29, 0.717) is 6.42 Å². The SMILES string of the molecule is OC[C@@H]1[C@@H](O)[C@@H](O)[C@H]2[C@H](O)CCCN21. The lowest BCUT2D eigenvalue weighted by Gasteiger charge is -2.36. The summed E-state index contributed by atoms with van der Waals surface area (Å²) in [5.74, 6) is 0.